The lowest BCUT2D eigenvalue weighted by atomic mass is 10.1. The predicted octanol–water partition coefficient (Wildman–Crippen LogP) is 2.07. The van der Waals surface area contributed by atoms with E-state index in [-0.39, 0.29) is 5.91 Å². The summed E-state index contributed by atoms with van der Waals surface area (Å²) in [5.41, 5.74) is -0.141. The summed E-state index contributed by atoms with van der Waals surface area (Å²) in [5, 5.41) is 9.91. The number of nitrogens with zero attached hydrogens (tertiary/aromatic N) is 1. The average molecular weight is 263 g/mol. The first-order valence-corrected chi connectivity index (χ1v) is 6.76. The lowest BCUT2D eigenvalue weighted by molar-refractivity contribution is 0.0572. The first kappa shape index (κ1) is 13.9. The second-order valence-corrected chi connectivity index (χ2v) is 5.35. The van der Waals surface area contributed by atoms with Gasteiger partial charge in [-0.05, 0) is 38.0 Å². The lowest BCUT2D eigenvalue weighted by Crippen LogP contribution is -2.33. The van der Waals surface area contributed by atoms with Gasteiger partial charge in [0, 0.05) is 18.7 Å². The standard InChI is InChI=1S/C15H21NO3/c1-3-9-19-13-6-4-5-12(10-13)14(17)16-8-7-15(2,18)11-16/h4-6,10,18H,3,7-9,11H2,1-2H3. The Labute approximate surface area is 114 Å². The van der Waals surface area contributed by atoms with Gasteiger partial charge < -0.3 is 14.7 Å². The van der Waals surface area contributed by atoms with Gasteiger partial charge in [0.05, 0.1) is 12.2 Å². The number of benzene rings is 1. The molecule has 0 saturated carbocycles. The van der Waals surface area contributed by atoms with E-state index in [1.54, 1.807) is 24.0 Å². The molecule has 0 spiro atoms. The molecule has 0 aromatic heterocycles. The molecule has 1 amide bonds. The van der Waals surface area contributed by atoms with E-state index in [1.165, 1.54) is 0 Å². The van der Waals surface area contributed by atoms with E-state index in [0.717, 1.165) is 12.2 Å². The van der Waals surface area contributed by atoms with Gasteiger partial charge in [0.2, 0.25) is 0 Å². The van der Waals surface area contributed by atoms with Gasteiger partial charge in [-0.1, -0.05) is 13.0 Å². The van der Waals surface area contributed by atoms with Crippen molar-refractivity contribution in [2.45, 2.75) is 32.3 Å². The molecule has 1 N–H and O–H groups in total. The number of likely N-dealkylation sites (tertiary alicyclic amines) is 1. The summed E-state index contributed by atoms with van der Waals surface area (Å²) in [6, 6.07) is 7.23. The Balaban J connectivity index is 2.07. The molecule has 1 aliphatic rings. The van der Waals surface area contributed by atoms with Gasteiger partial charge in [-0.25, -0.2) is 0 Å². The molecule has 0 aliphatic carbocycles. The van der Waals surface area contributed by atoms with E-state index < -0.39 is 5.60 Å². The van der Waals surface area contributed by atoms with Crippen LogP contribution in [-0.2, 0) is 0 Å². The Morgan fingerprint density at radius 2 is 2.32 bits per heavy atom. The van der Waals surface area contributed by atoms with Crippen LogP contribution in [0, 0.1) is 0 Å². The molecular formula is C15H21NO3. The van der Waals surface area contributed by atoms with Crippen LogP contribution < -0.4 is 4.74 Å². The highest BCUT2D eigenvalue weighted by molar-refractivity contribution is 5.94. The molecule has 104 valence electrons. The van der Waals surface area contributed by atoms with Crippen molar-refractivity contribution in [3.05, 3.63) is 29.8 Å². The molecule has 1 fully saturated rings. The maximum Gasteiger partial charge on any atom is 0.254 e. The van der Waals surface area contributed by atoms with Crippen molar-refractivity contribution in [2.75, 3.05) is 19.7 Å². The summed E-state index contributed by atoms with van der Waals surface area (Å²) < 4.78 is 5.53. The maximum atomic E-state index is 12.3. The van der Waals surface area contributed by atoms with E-state index in [1.807, 2.05) is 19.1 Å². The molecule has 0 radical (unpaired) electrons. The number of amides is 1. The van der Waals surface area contributed by atoms with Crippen LogP contribution in [0.1, 0.15) is 37.0 Å². The number of hydrogen-bond acceptors (Lipinski definition) is 3. The summed E-state index contributed by atoms with van der Waals surface area (Å²) in [7, 11) is 0. The van der Waals surface area contributed by atoms with E-state index in [0.29, 0.717) is 31.7 Å². The van der Waals surface area contributed by atoms with Gasteiger partial charge in [-0.15, -0.1) is 0 Å². The molecular weight excluding hydrogens is 242 g/mol. The van der Waals surface area contributed by atoms with Crippen LogP contribution in [0.25, 0.3) is 0 Å². The largest absolute Gasteiger partial charge is 0.494 e. The first-order valence-electron chi connectivity index (χ1n) is 6.76. The molecule has 1 atom stereocenters. The highest BCUT2D eigenvalue weighted by atomic mass is 16.5. The Morgan fingerprint density at radius 3 is 2.95 bits per heavy atom. The Kier molecular flexibility index (Phi) is 4.10. The summed E-state index contributed by atoms with van der Waals surface area (Å²) in [4.78, 5) is 14.0. The van der Waals surface area contributed by atoms with E-state index in [2.05, 4.69) is 0 Å². The van der Waals surface area contributed by atoms with Gasteiger partial charge in [-0.3, -0.25) is 4.79 Å². The predicted molar refractivity (Wildman–Crippen MR) is 73.4 cm³/mol. The molecule has 1 heterocycles. The van der Waals surface area contributed by atoms with Crippen LogP contribution in [0.2, 0.25) is 0 Å². The molecule has 1 saturated heterocycles. The number of ether oxygens (including phenoxy) is 1. The van der Waals surface area contributed by atoms with Crippen LogP contribution in [0.5, 0.6) is 5.75 Å². The van der Waals surface area contributed by atoms with E-state index in [4.69, 9.17) is 4.74 Å². The van der Waals surface area contributed by atoms with Crippen molar-refractivity contribution >= 4 is 5.91 Å². The number of β-amino-alcohol motifs (C(OH)–C–C–N with tert-alkyl or cyclic N) is 1. The number of carbonyl (C=O) groups excluding carboxylic acids is 1. The Hall–Kier alpha value is -1.55. The molecule has 4 heteroatoms. The third kappa shape index (κ3) is 3.47. The SMILES string of the molecule is CCCOc1cccc(C(=O)N2CCC(C)(O)C2)c1. The van der Waals surface area contributed by atoms with Crippen molar-refractivity contribution < 1.29 is 14.6 Å². The van der Waals surface area contributed by atoms with Crippen LogP contribution in [-0.4, -0.2) is 41.2 Å². The van der Waals surface area contributed by atoms with E-state index >= 15 is 0 Å². The number of rotatable bonds is 4. The van der Waals surface area contributed by atoms with E-state index in [9.17, 15) is 9.90 Å². The Bertz CT molecular complexity index is 456. The van der Waals surface area contributed by atoms with Crippen molar-refractivity contribution in [2.24, 2.45) is 0 Å². The van der Waals surface area contributed by atoms with Crippen LogP contribution in [0.4, 0.5) is 0 Å². The zero-order chi connectivity index (χ0) is 13.9. The highest BCUT2D eigenvalue weighted by Gasteiger charge is 2.34. The third-order valence-corrected chi connectivity index (χ3v) is 3.29. The first-order chi connectivity index (χ1) is 9.02. The number of hydrogen-bond donors (Lipinski definition) is 1. The van der Waals surface area contributed by atoms with Gasteiger partial charge in [-0.2, -0.15) is 0 Å². The average Bonchev–Trinajstić information content (AvgIpc) is 2.76. The van der Waals surface area contributed by atoms with Gasteiger partial charge in [0.15, 0.2) is 0 Å². The highest BCUT2D eigenvalue weighted by Crippen LogP contribution is 2.23. The molecule has 1 unspecified atom stereocenters. The van der Waals surface area contributed by atoms with Crippen molar-refractivity contribution in [1.29, 1.82) is 0 Å². The fourth-order valence-electron chi connectivity index (χ4n) is 2.24. The van der Waals surface area contributed by atoms with Crippen molar-refractivity contribution in [1.82, 2.24) is 4.90 Å². The second kappa shape index (κ2) is 5.61. The molecule has 19 heavy (non-hydrogen) atoms. The minimum Gasteiger partial charge on any atom is -0.494 e. The number of carbonyl (C=O) groups is 1. The van der Waals surface area contributed by atoms with Gasteiger partial charge in [0.25, 0.3) is 5.91 Å². The smallest absolute Gasteiger partial charge is 0.254 e. The van der Waals surface area contributed by atoms with Gasteiger partial charge in [0.1, 0.15) is 5.75 Å². The lowest BCUT2D eigenvalue weighted by Gasteiger charge is -2.19. The quantitative estimate of drug-likeness (QED) is 0.904. The molecule has 1 aromatic rings. The topological polar surface area (TPSA) is 49.8 Å². The zero-order valence-corrected chi connectivity index (χ0v) is 11.6. The molecule has 2 rings (SSSR count). The van der Waals surface area contributed by atoms with Crippen LogP contribution in [0.15, 0.2) is 24.3 Å². The zero-order valence-electron chi connectivity index (χ0n) is 11.6. The van der Waals surface area contributed by atoms with Crippen LogP contribution >= 0.6 is 0 Å². The fraction of sp³-hybridized carbons (Fsp3) is 0.533. The summed E-state index contributed by atoms with van der Waals surface area (Å²) >= 11 is 0. The van der Waals surface area contributed by atoms with Gasteiger partial charge >= 0.3 is 0 Å². The Morgan fingerprint density at radius 1 is 1.53 bits per heavy atom. The third-order valence-electron chi connectivity index (χ3n) is 3.29. The minimum absolute atomic E-state index is 0.0419. The normalized spacial score (nSPS) is 22.6. The summed E-state index contributed by atoms with van der Waals surface area (Å²) in [6.45, 7) is 5.45. The minimum atomic E-state index is -0.758. The monoisotopic (exact) mass is 263 g/mol. The van der Waals surface area contributed by atoms with Crippen molar-refractivity contribution in [3.63, 3.8) is 0 Å². The molecule has 4 nitrogen and oxygen atoms in total. The number of aliphatic hydroxyl groups is 1. The molecule has 1 aromatic carbocycles. The molecule has 0 bridgehead atoms. The summed E-state index contributed by atoms with van der Waals surface area (Å²) in [6.07, 6.45) is 1.57. The second-order valence-electron chi connectivity index (χ2n) is 5.35. The molecule has 1 aliphatic heterocycles. The van der Waals surface area contributed by atoms with Crippen LogP contribution in [0.3, 0.4) is 0 Å². The maximum absolute atomic E-state index is 12.3. The fourth-order valence-corrected chi connectivity index (χ4v) is 2.24. The van der Waals surface area contributed by atoms with Crippen molar-refractivity contribution in [3.8, 4) is 5.75 Å². The summed E-state index contributed by atoms with van der Waals surface area (Å²) in [5.74, 6) is 0.679.